The second kappa shape index (κ2) is 9.68. The van der Waals surface area contributed by atoms with Gasteiger partial charge in [-0.05, 0) is 72.6 Å². The van der Waals surface area contributed by atoms with E-state index in [9.17, 15) is 4.79 Å². The minimum atomic E-state index is 0.705. The number of carbonyl (C=O) groups is 1. The molecule has 0 spiro atoms. The first-order chi connectivity index (χ1) is 15.8. The molecule has 1 fully saturated rings. The van der Waals surface area contributed by atoms with E-state index in [1.807, 2.05) is 23.5 Å². The third-order valence-corrected chi connectivity index (χ3v) is 7.45. The van der Waals surface area contributed by atoms with E-state index in [0.717, 1.165) is 37.2 Å². The quantitative estimate of drug-likeness (QED) is 0.294. The Balaban J connectivity index is 1.35. The van der Waals surface area contributed by atoms with Gasteiger partial charge in [0.15, 0.2) is 0 Å². The van der Waals surface area contributed by atoms with Gasteiger partial charge in [0, 0.05) is 21.7 Å². The Labute approximate surface area is 193 Å². The van der Waals surface area contributed by atoms with Crippen LogP contribution in [-0.4, -0.2) is 37.4 Å². The normalized spacial score (nSPS) is 14.1. The van der Waals surface area contributed by atoms with Gasteiger partial charge in [-0.2, -0.15) is 0 Å². The number of hydrogen-bond acceptors (Lipinski definition) is 4. The highest BCUT2D eigenvalue weighted by Crippen LogP contribution is 2.40. The van der Waals surface area contributed by atoms with Crippen molar-refractivity contribution in [3.63, 3.8) is 0 Å². The summed E-state index contributed by atoms with van der Waals surface area (Å²) in [6.07, 6.45) is 4.39. The molecule has 0 atom stereocenters. The summed E-state index contributed by atoms with van der Waals surface area (Å²) < 4.78 is 7.27. The number of nitrogens with zero attached hydrogens (tertiary/aromatic N) is 1. The largest absolute Gasteiger partial charge is 0.492 e. The zero-order valence-corrected chi connectivity index (χ0v) is 18.9. The first-order valence-corrected chi connectivity index (χ1v) is 12.1. The van der Waals surface area contributed by atoms with Gasteiger partial charge in [0.2, 0.25) is 0 Å². The first kappa shape index (κ1) is 20.9. The maximum Gasteiger partial charge on any atom is 0.150 e. The van der Waals surface area contributed by atoms with Crippen LogP contribution < -0.4 is 4.74 Å². The van der Waals surface area contributed by atoms with E-state index >= 15 is 0 Å². The molecule has 0 N–H and O–H groups in total. The number of fused-ring (bicyclic) bond motifs is 1. The smallest absolute Gasteiger partial charge is 0.150 e. The average Bonchev–Trinajstić information content (AvgIpc) is 3.49. The Kier molecular flexibility index (Phi) is 6.33. The van der Waals surface area contributed by atoms with Crippen molar-refractivity contribution in [1.29, 1.82) is 0 Å². The van der Waals surface area contributed by atoms with Gasteiger partial charge in [0.1, 0.15) is 18.6 Å². The molecule has 4 aromatic rings. The van der Waals surface area contributed by atoms with Crippen molar-refractivity contribution in [1.82, 2.24) is 4.90 Å². The fraction of sp³-hybridized carbons (Fsp3) is 0.250. The van der Waals surface area contributed by atoms with Crippen LogP contribution in [0.3, 0.4) is 0 Å². The molecule has 4 heteroatoms. The second-order valence-corrected chi connectivity index (χ2v) is 9.42. The zero-order valence-electron chi connectivity index (χ0n) is 18.1. The standard InChI is InChI=1S/C28H27NO2S/c30-20-22-7-11-23(12-8-22)28-26(25-5-1-2-6-27(25)32-28)19-21-9-13-24(14-10-21)31-18-17-29-15-3-4-16-29/h1-2,5-14,20H,3-4,15-19H2. The van der Waals surface area contributed by atoms with Gasteiger partial charge in [-0.15, -0.1) is 11.3 Å². The predicted octanol–water partition coefficient (Wildman–Crippen LogP) is 6.45. The maximum absolute atomic E-state index is 11.1. The first-order valence-electron chi connectivity index (χ1n) is 11.3. The number of thiophene rings is 1. The molecule has 2 heterocycles. The van der Waals surface area contributed by atoms with Crippen LogP contribution in [-0.2, 0) is 6.42 Å². The molecular weight excluding hydrogens is 414 g/mol. The van der Waals surface area contributed by atoms with E-state index in [-0.39, 0.29) is 0 Å². The van der Waals surface area contributed by atoms with Crippen LogP contribution in [0.15, 0.2) is 72.8 Å². The molecule has 0 aliphatic carbocycles. The average molecular weight is 442 g/mol. The molecule has 0 radical (unpaired) electrons. The molecule has 32 heavy (non-hydrogen) atoms. The molecule has 1 saturated heterocycles. The highest BCUT2D eigenvalue weighted by atomic mass is 32.1. The monoisotopic (exact) mass is 441 g/mol. The summed E-state index contributed by atoms with van der Waals surface area (Å²) in [5.41, 5.74) is 4.48. The molecule has 0 amide bonds. The minimum Gasteiger partial charge on any atom is -0.492 e. The van der Waals surface area contributed by atoms with Crippen LogP contribution >= 0.6 is 11.3 Å². The Morgan fingerprint density at radius 3 is 2.41 bits per heavy atom. The van der Waals surface area contributed by atoms with Crippen LogP contribution in [0, 0.1) is 0 Å². The van der Waals surface area contributed by atoms with Crippen molar-refractivity contribution in [2.45, 2.75) is 19.3 Å². The van der Waals surface area contributed by atoms with E-state index in [2.05, 4.69) is 65.6 Å². The summed E-state index contributed by atoms with van der Waals surface area (Å²) in [6, 6.07) is 25.0. The number of aldehydes is 1. The molecule has 0 bridgehead atoms. The number of likely N-dealkylation sites (tertiary alicyclic amines) is 1. The lowest BCUT2D eigenvalue weighted by Crippen LogP contribution is -2.25. The fourth-order valence-electron chi connectivity index (χ4n) is 4.43. The third-order valence-electron chi connectivity index (χ3n) is 6.19. The molecule has 5 rings (SSSR count). The van der Waals surface area contributed by atoms with Crippen LogP contribution in [0.1, 0.15) is 34.3 Å². The molecule has 162 valence electrons. The third kappa shape index (κ3) is 4.62. The van der Waals surface area contributed by atoms with Gasteiger partial charge in [0.05, 0.1) is 0 Å². The minimum absolute atomic E-state index is 0.705. The summed E-state index contributed by atoms with van der Waals surface area (Å²) >= 11 is 1.82. The molecule has 3 aromatic carbocycles. The molecule has 0 unspecified atom stereocenters. The highest BCUT2D eigenvalue weighted by molar-refractivity contribution is 7.22. The lowest BCUT2D eigenvalue weighted by molar-refractivity contribution is 0.112. The number of hydrogen-bond donors (Lipinski definition) is 0. The summed E-state index contributed by atoms with van der Waals surface area (Å²) in [4.78, 5) is 14.8. The van der Waals surface area contributed by atoms with E-state index in [4.69, 9.17) is 4.74 Å². The van der Waals surface area contributed by atoms with Gasteiger partial charge < -0.3 is 4.74 Å². The topological polar surface area (TPSA) is 29.5 Å². The van der Waals surface area contributed by atoms with Crippen molar-refractivity contribution in [2.75, 3.05) is 26.2 Å². The summed E-state index contributed by atoms with van der Waals surface area (Å²) in [7, 11) is 0. The van der Waals surface area contributed by atoms with Crippen LogP contribution in [0.25, 0.3) is 20.5 Å². The van der Waals surface area contributed by atoms with Gasteiger partial charge in [-0.1, -0.05) is 54.6 Å². The van der Waals surface area contributed by atoms with Gasteiger partial charge in [0.25, 0.3) is 0 Å². The fourth-order valence-corrected chi connectivity index (χ4v) is 5.65. The second-order valence-electron chi connectivity index (χ2n) is 8.36. The molecule has 1 aliphatic heterocycles. The van der Waals surface area contributed by atoms with Crippen molar-refractivity contribution in [3.8, 4) is 16.2 Å². The SMILES string of the molecule is O=Cc1ccc(-c2sc3ccccc3c2Cc2ccc(OCCN3CCCC3)cc2)cc1. The van der Waals surface area contributed by atoms with Crippen LogP contribution in [0.5, 0.6) is 5.75 Å². The van der Waals surface area contributed by atoms with Crippen LogP contribution in [0.2, 0.25) is 0 Å². The zero-order chi connectivity index (χ0) is 21.8. The maximum atomic E-state index is 11.1. The Bertz CT molecular complexity index is 1190. The van der Waals surface area contributed by atoms with Crippen molar-refractivity contribution < 1.29 is 9.53 Å². The van der Waals surface area contributed by atoms with Gasteiger partial charge in [-0.3, -0.25) is 9.69 Å². The molecule has 0 saturated carbocycles. The Morgan fingerprint density at radius 1 is 0.906 bits per heavy atom. The van der Waals surface area contributed by atoms with Crippen molar-refractivity contribution >= 4 is 27.7 Å². The van der Waals surface area contributed by atoms with E-state index in [1.165, 1.54) is 52.0 Å². The molecular formula is C28H27NO2S. The van der Waals surface area contributed by atoms with Crippen molar-refractivity contribution in [2.24, 2.45) is 0 Å². The van der Waals surface area contributed by atoms with Gasteiger partial charge in [-0.25, -0.2) is 0 Å². The molecule has 3 nitrogen and oxygen atoms in total. The number of ether oxygens (including phenoxy) is 1. The number of benzene rings is 3. The van der Waals surface area contributed by atoms with Gasteiger partial charge >= 0.3 is 0 Å². The summed E-state index contributed by atoms with van der Waals surface area (Å²) in [6.45, 7) is 4.17. The summed E-state index contributed by atoms with van der Waals surface area (Å²) in [5.74, 6) is 0.938. The highest BCUT2D eigenvalue weighted by Gasteiger charge is 2.15. The molecule has 1 aliphatic rings. The summed E-state index contributed by atoms with van der Waals surface area (Å²) in [5, 5.41) is 1.30. The predicted molar refractivity (Wildman–Crippen MR) is 133 cm³/mol. The van der Waals surface area contributed by atoms with E-state index in [1.54, 1.807) is 0 Å². The lowest BCUT2D eigenvalue weighted by Gasteiger charge is -2.15. The number of carbonyl (C=O) groups excluding carboxylic acids is 1. The Morgan fingerprint density at radius 2 is 1.66 bits per heavy atom. The van der Waals surface area contributed by atoms with E-state index in [0.29, 0.717) is 5.56 Å². The van der Waals surface area contributed by atoms with E-state index < -0.39 is 0 Å². The lowest BCUT2D eigenvalue weighted by atomic mass is 9.98. The van der Waals surface area contributed by atoms with Crippen LogP contribution in [0.4, 0.5) is 0 Å². The number of rotatable bonds is 8. The molecule has 1 aromatic heterocycles. The van der Waals surface area contributed by atoms with Crippen molar-refractivity contribution in [3.05, 3.63) is 89.5 Å². The Hall–Kier alpha value is -2.95.